The van der Waals surface area contributed by atoms with Gasteiger partial charge in [-0.05, 0) is 47.1 Å². The molecule has 0 aromatic heterocycles. The van der Waals surface area contributed by atoms with Gasteiger partial charge >= 0.3 is 5.97 Å². The van der Waals surface area contributed by atoms with Gasteiger partial charge in [0.25, 0.3) is 0 Å². The van der Waals surface area contributed by atoms with Crippen molar-refractivity contribution in [1.29, 1.82) is 0 Å². The fraction of sp³-hybridized carbons (Fsp3) is 0.222. The van der Waals surface area contributed by atoms with Gasteiger partial charge in [-0.25, -0.2) is 0 Å². The maximum absolute atomic E-state index is 11.1. The molecule has 0 saturated carbocycles. The Morgan fingerprint density at radius 2 is 1.14 bits per heavy atom. The Hall–Kier alpha value is -2.62. The summed E-state index contributed by atoms with van der Waals surface area (Å²) in [6, 6.07) is 0. The molecule has 118 valence electrons. The summed E-state index contributed by atoms with van der Waals surface area (Å²) >= 11 is 0. The second-order valence-electron chi connectivity index (χ2n) is 4.96. The number of allylic oxidation sites excluding steroid dienone is 4. The summed E-state index contributed by atoms with van der Waals surface area (Å²) < 4.78 is 0. The molecule has 3 N–H and O–H groups in total. The lowest BCUT2D eigenvalue weighted by atomic mass is 9.88. The molecule has 0 fully saturated rings. The number of carboxylic acids is 1. The van der Waals surface area contributed by atoms with Gasteiger partial charge in [0.2, 0.25) is 5.91 Å². The summed E-state index contributed by atoms with van der Waals surface area (Å²) in [6.45, 7) is 22.8. The van der Waals surface area contributed by atoms with Crippen LogP contribution in [0.25, 0.3) is 0 Å². The topological polar surface area (TPSA) is 80.4 Å². The molecule has 0 aliphatic heterocycles. The monoisotopic (exact) mass is 301 g/mol. The Bertz CT molecular complexity index is 579. The first-order valence-electron chi connectivity index (χ1n) is 6.75. The van der Waals surface area contributed by atoms with Crippen LogP contribution in [0.3, 0.4) is 0 Å². The molecule has 0 saturated heterocycles. The predicted molar refractivity (Wildman–Crippen MR) is 90.1 cm³/mol. The average molecular weight is 301 g/mol. The normalized spacial score (nSPS) is 9.64. The van der Waals surface area contributed by atoms with Crippen molar-refractivity contribution in [3.8, 4) is 0 Å². The number of primary amides is 1. The standard InChI is InChI=1S/C18H23NO3/c1-11(9-7-8-10-17(20)21)12(2)13(3)14(4)15(5)16(6)18(19)22/h1-10H2,(H2,19,22)(H,20,21). The molecule has 0 aliphatic rings. The number of hydrogen-bond donors (Lipinski definition) is 2. The minimum atomic E-state index is -0.816. The number of aliphatic carboxylic acids is 1. The molecule has 0 heterocycles. The van der Waals surface area contributed by atoms with Crippen molar-refractivity contribution in [2.75, 3.05) is 0 Å². The highest BCUT2D eigenvalue weighted by Gasteiger charge is 2.15. The first-order chi connectivity index (χ1) is 10.1. The zero-order valence-electron chi connectivity index (χ0n) is 12.9. The molecule has 0 aromatic rings. The molecule has 4 nitrogen and oxygen atoms in total. The molecule has 22 heavy (non-hydrogen) atoms. The quantitative estimate of drug-likeness (QED) is 0.348. The molecule has 0 atom stereocenters. The van der Waals surface area contributed by atoms with E-state index in [2.05, 4.69) is 39.5 Å². The lowest BCUT2D eigenvalue weighted by Gasteiger charge is -2.16. The van der Waals surface area contributed by atoms with Crippen molar-refractivity contribution in [3.05, 3.63) is 72.9 Å². The number of carbonyl (C=O) groups excluding carboxylic acids is 1. The molecule has 4 heteroatoms. The van der Waals surface area contributed by atoms with E-state index >= 15 is 0 Å². The van der Waals surface area contributed by atoms with E-state index in [-0.39, 0.29) is 12.0 Å². The molecule has 0 aliphatic carbocycles. The van der Waals surface area contributed by atoms with Crippen LogP contribution in [0.2, 0.25) is 0 Å². The number of hydrogen-bond acceptors (Lipinski definition) is 2. The molecular formula is C18H23NO3. The maximum Gasteiger partial charge on any atom is 0.303 e. The van der Waals surface area contributed by atoms with Gasteiger partial charge < -0.3 is 10.8 Å². The molecule has 0 radical (unpaired) electrons. The van der Waals surface area contributed by atoms with Gasteiger partial charge in [0.15, 0.2) is 0 Å². The van der Waals surface area contributed by atoms with Crippen molar-refractivity contribution in [1.82, 2.24) is 0 Å². The van der Waals surface area contributed by atoms with Crippen LogP contribution in [0.1, 0.15) is 25.7 Å². The summed E-state index contributed by atoms with van der Waals surface area (Å²) in [7, 11) is 0. The highest BCUT2D eigenvalue weighted by atomic mass is 16.4. The molecule has 0 unspecified atom stereocenters. The molecule has 1 amide bonds. The van der Waals surface area contributed by atoms with Crippen molar-refractivity contribution in [2.45, 2.75) is 25.7 Å². The van der Waals surface area contributed by atoms with E-state index < -0.39 is 11.9 Å². The summed E-state index contributed by atoms with van der Waals surface area (Å²) in [6.07, 6.45) is 2.00. The number of rotatable bonds is 11. The SMILES string of the molecule is C=C(CCCCC(=O)O)C(=C)C(=C)C(=C)C(=C)C(=C)C(N)=O. The van der Waals surface area contributed by atoms with Gasteiger partial charge in [-0.2, -0.15) is 0 Å². The fourth-order valence-electron chi connectivity index (χ4n) is 1.67. The second-order valence-corrected chi connectivity index (χ2v) is 4.96. The van der Waals surface area contributed by atoms with Crippen molar-refractivity contribution >= 4 is 11.9 Å². The van der Waals surface area contributed by atoms with Crippen LogP contribution < -0.4 is 5.73 Å². The van der Waals surface area contributed by atoms with E-state index in [1.165, 1.54) is 0 Å². The van der Waals surface area contributed by atoms with E-state index in [1.54, 1.807) is 0 Å². The molecule has 0 spiro atoms. The average Bonchev–Trinajstić information content (AvgIpc) is 2.46. The first-order valence-corrected chi connectivity index (χ1v) is 6.75. The second kappa shape index (κ2) is 8.62. The third kappa shape index (κ3) is 5.79. The lowest BCUT2D eigenvalue weighted by Crippen LogP contribution is -2.15. The lowest BCUT2D eigenvalue weighted by molar-refractivity contribution is -0.137. The van der Waals surface area contributed by atoms with Gasteiger partial charge in [0, 0.05) is 12.0 Å². The Labute approximate surface area is 131 Å². The molecule has 0 bridgehead atoms. The van der Waals surface area contributed by atoms with E-state index in [0.29, 0.717) is 41.6 Å². The maximum atomic E-state index is 11.1. The zero-order valence-corrected chi connectivity index (χ0v) is 12.9. The summed E-state index contributed by atoms with van der Waals surface area (Å²) in [4.78, 5) is 21.6. The van der Waals surface area contributed by atoms with Crippen molar-refractivity contribution in [2.24, 2.45) is 5.73 Å². The van der Waals surface area contributed by atoms with Gasteiger partial charge in [-0.1, -0.05) is 39.5 Å². The summed E-state index contributed by atoms with van der Waals surface area (Å²) in [5, 5.41) is 8.59. The van der Waals surface area contributed by atoms with Crippen molar-refractivity contribution < 1.29 is 14.7 Å². The number of amides is 1. The van der Waals surface area contributed by atoms with Gasteiger partial charge in [0.1, 0.15) is 0 Å². The summed E-state index contributed by atoms with van der Waals surface area (Å²) in [5.74, 6) is -1.49. The minimum Gasteiger partial charge on any atom is -0.481 e. The number of carboxylic acid groups (broad SMARTS) is 1. The van der Waals surface area contributed by atoms with Crippen LogP contribution in [0, 0.1) is 0 Å². The van der Waals surface area contributed by atoms with Crippen LogP contribution in [-0.4, -0.2) is 17.0 Å². The summed E-state index contributed by atoms with van der Waals surface area (Å²) in [5.41, 5.74) is 7.83. The Morgan fingerprint density at radius 3 is 1.59 bits per heavy atom. The van der Waals surface area contributed by atoms with Crippen LogP contribution in [-0.2, 0) is 9.59 Å². The number of nitrogens with two attached hydrogens (primary N) is 1. The molecular weight excluding hydrogens is 278 g/mol. The van der Waals surface area contributed by atoms with Crippen LogP contribution in [0.5, 0.6) is 0 Å². The van der Waals surface area contributed by atoms with E-state index in [9.17, 15) is 9.59 Å². The fourth-order valence-corrected chi connectivity index (χ4v) is 1.67. The first kappa shape index (κ1) is 19.4. The number of unbranched alkanes of at least 4 members (excludes halogenated alkanes) is 1. The van der Waals surface area contributed by atoms with E-state index in [4.69, 9.17) is 10.8 Å². The predicted octanol–water partition coefficient (Wildman–Crippen LogP) is 3.45. The van der Waals surface area contributed by atoms with E-state index in [1.807, 2.05) is 0 Å². The van der Waals surface area contributed by atoms with Crippen LogP contribution in [0.15, 0.2) is 72.9 Å². The van der Waals surface area contributed by atoms with E-state index in [0.717, 1.165) is 5.57 Å². The highest BCUT2D eigenvalue weighted by molar-refractivity contribution is 5.97. The van der Waals surface area contributed by atoms with Gasteiger partial charge in [0.05, 0.1) is 0 Å². The largest absolute Gasteiger partial charge is 0.481 e. The molecule has 0 aromatic carbocycles. The Morgan fingerprint density at radius 1 is 0.727 bits per heavy atom. The third-order valence-electron chi connectivity index (χ3n) is 3.30. The zero-order chi connectivity index (χ0) is 17.4. The smallest absolute Gasteiger partial charge is 0.303 e. The third-order valence-corrected chi connectivity index (χ3v) is 3.30. The van der Waals surface area contributed by atoms with Crippen LogP contribution in [0.4, 0.5) is 0 Å². The highest BCUT2D eigenvalue weighted by Crippen LogP contribution is 2.29. The van der Waals surface area contributed by atoms with Crippen LogP contribution >= 0.6 is 0 Å². The number of carbonyl (C=O) groups is 2. The van der Waals surface area contributed by atoms with Gasteiger partial charge in [-0.3, -0.25) is 9.59 Å². The Balaban J connectivity index is 4.62. The molecule has 0 rings (SSSR count). The van der Waals surface area contributed by atoms with Gasteiger partial charge in [-0.15, -0.1) is 0 Å². The minimum absolute atomic E-state index is 0.0750. The van der Waals surface area contributed by atoms with Crippen molar-refractivity contribution in [3.63, 3.8) is 0 Å². The Kier molecular flexibility index (Phi) is 7.59.